The number of nitrogens with one attached hydrogen (secondary N) is 2. The first-order valence-corrected chi connectivity index (χ1v) is 10.3. The third-order valence-corrected chi connectivity index (χ3v) is 6.00. The summed E-state index contributed by atoms with van der Waals surface area (Å²) in [5, 5.41) is 8.83. The van der Waals surface area contributed by atoms with Crippen molar-refractivity contribution in [1.82, 2.24) is 15.6 Å². The van der Waals surface area contributed by atoms with Gasteiger partial charge in [-0.3, -0.25) is 4.99 Å². The SMILES string of the molecule is CCc1cnc(CNC(=NC)NC2CCCN(c3ccccc3Cl)C2)s1. The molecule has 1 aromatic heterocycles. The van der Waals surface area contributed by atoms with Gasteiger partial charge >= 0.3 is 0 Å². The summed E-state index contributed by atoms with van der Waals surface area (Å²) in [5.41, 5.74) is 1.11. The normalized spacial score (nSPS) is 18.0. The molecule has 1 aliphatic heterocycles. The number of hydrogen-bond acceptors (Lipinski definition) is 4. The van der Waals surface area contributed by atoms with E-state index in [9.17, 15) is 0 Å². The van der Waals surface area contributed by atoms with Crippen LogP contribution >= 0.6 is 22.9 Å². The number of hydrogen-bond donors (Lipinski definition) is 2. The van der Waals surface area contributed by atoms with Crippen LogP contribution in [0.3, 0.4) is 0 Å². The number of aromatic nitrogens is 1. The minimum absolute atomic E-state index is 0.341. The van der Waals surface area contributed by atoms with Crippen molar-refractivity contribution in [3.63, 3.8) is 0 Å². The Labute approximate surface area is 164 Å². The van der Waals surface area contributed by atoms with Crippen molar-refractivity contribution in [2.75, 3.05) is 25.0 Å². The maximum Gasteiger partial charge on any atom is 0.191 e. The lowest BCUT2D eigenvalue weighted by atomic mass is 10.0. The first-order chi connectivity index (χ1) is 12.7. The van der Waals surface area contributed by atoms with Gasteiger partial charge in [0.15, 0.2) is 5.96 Å². The van der Waals surface area contributed by atoms with E-state index in [1.807, 2.05) is 31.4 Å². The third-order valence-electron chi connectivity index (χ3n) is 4.54. The van der Waals surface area contributed by atoms with Crippen molar-refractivity contribution >= 4 is 34.6 Å². The second kappa shape index (κ2) is 9.24. The Hall–Kier alpha value is -1.79. The highest BCUT2D eigenvalue weighted by Crippen LogP contribution is 2.27. The zero-order chi connectivity index (χ0) is 18.4. The molecule has 0 spiro atoms. The number of halogens is 1. The van der Waals surface area contributed by atoms with Crippen molar-refractivity contribution in [2.45, 2.75) is 38.8 Å². The number of aryl methyl sites for hydroxylation is 1. The fourth-order valence-electron chi connectivity index (χ4n) is 3.16. The Bertz CT molecular complexity index is 745. The number of para-hydroxylation sites is 1. The largest absolute Gasteiger partial charge is 0.368 e. The number of benzene rings is 1. The van der Waals surface area contributed by atoms with Gasteiger partial charge in [-0.05, 0) is 31.4 Å². The average molecular weight is 392 g/mol. The number of rotatable bonds is 5. The van der Waals surface area contributed by atoms with E-state index in [0.29, 0.717) is 12.6 Å². The molecule has 1 aliphatic rings. The van der Waals surface area contributed by atoms with Crippen molar-refractivity contribution in [1.29, 1.82) is 0 Å². The standard InChI is InChI=1S/C19H26ClN5S/c1-3-15-11-22-18(26-15)12-23-19(21-2)24-14-7-6-10-25(13-14)17-9-5-4-8-16(17)20/h4-5,8-9,11,14H,3,6-7,10,12-13H2,1-2H3,(H2,21,23,24). The highest BCUT2D eigenvalue weighted by molar-refractivity contribution is 7.11. The molecule has 1 aromatic carbocycles. The van der Waals surface area contributed by atoms with Crippen LogP contribution in [-0.2, 0) is 13.0 Å². The number of thiazole rings is 1. The van der Waals surface area contributed by atoms with Crippen LogP contribution in [0.5, 0.6) is 0 Å². The minimum atomic E-state index is 0.341. The van der Waals surface area contributed by atoms with E-state index in [1.54, 1.807) is 11.3 Å². The molecule has 0 bridgehead atoms. The fraction of sp³-hybridized carbons (Fsp3) is 0.474. The Morgan fingerprint density at radius 3 is 3.00 bits per heavy atom. The quantitative estimate of drug-likeness (QED) is 0.602. The molecule has 0 radical (unpaired) electrons. The summed E-state index contributed by atoms with van der Waals surface area (Å²) in [5.74, 6) is 0.823. The fourth-order valence-corrected chi connectivity index (χ4v) is 4.22. The lowest BCUT2D eigenvalue weighted by Gasteiger charge is -2.35. The average Bonchev–Trinajstić information content (AvgIpc) is 3.14. The van der Waals surface area contributed by atoms with Gasteiger partial charge in [-0.15, -0.1) is 11.3 Å². The van der Waals surface area contributed by atoms with Gasteiger partial charge in [0.1, 0.15) is 5.01 Å². The second-order valence-corrected chi connectivity index (χ2v) is 7.99. The predicted molar refractivity (Wildman–Crippen MR) is 112 cm³/mol. The first kappa shape index (κ1) is 19.0. The zero-order valence-corrected chi connectivity index (χ0v) is 16.9. The van der Waals surface area contributed by atoms with Crippen molar-refractivity contribution in [2.24, 2.45) is 4.99 Å². The van der Waals surface area contributed by atoms with Crippen LogP contribution in [0.4, 0.5) is 5.69 Å². The van der Waals surface area contributed by atoms with E-state index in [0.717, 1.165) is 54.0 Å². The van der Waals surface area contributed by atoms with Crippen LogP contribution in [0.2, 0.25) is 5.02 Å². The summed E-state index contributed by atoms with van der Waals surface area (Å²) in [4.78, 5) is 12.5. The van der Waals surface area contributed by atoms with Crippen LogP contribution in [0.1, 0.15) is 29.7 Å². The van der Waals surface area contributed by atoms with Crippen LogP contribution in [0, 0.1) is 0 Å². The predicted octanol–water partition coefficient (Wildman–Crippen LogP) is 3.69. The van der Waals surface area contributed by atoms with Crippen molar-refractivity contribution in [3.05, 3.63) is 45.4 Å². The van der Waals surface area contributed by atoms with Crippen LogP contribution in [0.15, 0.2) is 35.5 Å². The molecule has 5 nitrogen and oxygen atoms in total. The summed E-state index contributed by atoms with van der Waals surface area (Å²) >= 11 is 8.12. The van der Waals surface area contributed by atoms with Crippen LogP contribution in [0.25, 0.3) is 0 Å². The second-order valence-electron chi connectivity index (χ2n) is 6.38. The van der Waals surface area contributed by atoms with E-state index in [4.69, 9.17) is 11.6 Å². The number of piperidine rings is 1. The smallest absolute Gasteiger partial charge is 0.191 e. The van der Waals surface area contributed by atoms with Gasteiger partial charge < -0.3 is 15.5 Å². The molecule has 2 N–H and O–H groups in total. The first-order valence-electron chi connectivity index (χ1n) is 9.09. The molecule has 7 heteroatoms. The third kappa shape index (κ3) is 4.89. The van der Waals surface area contributed by atoms with Gasteiger partial charge in [-0.25, -0.2) is 4.98 Å². The maximum atomic E-state index is 6.37. The Balaban J connectivity index is 1.55. The van der Waals surface area contributed by atoms with E-state index < -0.39 is 0 Å². The van der Waals surface area contributed by atoms with E-state index in [-0.39, 0.29) is 0 Å². The van der Waals surface area contributed by atoms with E-state index >= 15 is 0 Å². The summed E-state index contributed by atoms with van der Waals surface area (Å²) in [7, 11) is 1.81. The molecule has 2 heterocycles. The van der Waals surface area contributed by atoms with E-state index in [2.05, 4.69) is 38.5 Å². The summed E-state index contributed by atoms with van der Waals surface area (Å²) < 4.78 is 0. The molecular weight excluding hydrogens is 366 g/mol. The highest BCUT2D eigenvalue weighted by atomic mass is 35.5. The van der Waals surface area contributed by atoms with Gasteiger partial charge in [0.25, 0.3) is 0 Å². The van der Waals surface area contributed by atoms with Gasteiger partial charge in [0.05, 0.1) is 17.3 Å². The molecule has 26 heavy (non-hydrogen) atoms. The van der Waals surface area contributed by atoms with Gasteiger partial charge in [-0.1, -0.05) is 30.7 Å². The molecule has 0 aliphatic carbocycles. The molecule has 140 valence electrons. The molecule has 1 saturated heterocycles. The molecule has 2 aromatic rings. The number of nitrogens with zero attached hydrogens (tertiary/aromatic N) is 3. The lowest BCUT2D eigenvalue weighted by Crippen LogP contribution is -2.51. The highest BCUT2D eigenvalue weighted by Gasteiger charge is 2.22. The lowest BCUT2D eigenvalue weighted by molar-refractivity contribution is 0.468. The van der Waals surface area contributed by atoms with Crippen molar-refractivity contribution in [3.8, 4) is 0 Å². The van der Waals surface area contributed by atoms with Crippen LogP contribution < -0.4 is 15.5 Å². The molecule has 1 atom stereocenters. The number of anilines is 1. The Morgan fingerprint density at radius 2 is 2.27 bits per heavy atom. The van der Waals surface area contributed by atoms with E-state index in [1.165, 1.54) is 4.88 Å². The monoisotopic (exact) mass is 391 g/mol. The molecular formula is C19H26ClN5S. The summed E-state index contributed by atoms with van der Waals surface area (Å²) in [6, 6.07) is 8.39. The molecule has 1 unspecified atom stereocenters. The molecule has 3 rings (SSSR count). The van der Waals surface area contributed by atoms with Crippen LogP contribution in [-0.4, -0.2) is 37.1 Å². The summed E-state index contributed by atoms with van der Waals surface area (Å²) in [6.45, 7) is 4.80. The van der Waals surface area contributed by atoms with Gasteiger partial charge in [0, 0.05) is 37.3 Å². The zero-order valence-electron chi connectivity index (χ0n) is 15.3. The number of guanidine groups is 1. The molecule has 0 amide bonds. The molecule has 0 saturated carbocycles. The topological polar surface area (TPSA) is 52.6 Å². The molecule has 1 fully saturated rings. The van der Waals surface area contributed by atoms with Crippen molar-refractivity contribution < 1.29 is 0 Å². The van der Waals surface area contributed by atoms with Gasteiger partial charge in [0.2, 0.25) is 0 Å². The number of aliphatic imine (C=N–C) groups is 1. The maximum absolute atomic E-state index is 6.37. The summed E-state index contributed by atoms with van der Waals surface area (Å²) in [6.07, 6.45) is 5.25. The Kier molecular flexibility index (Phi) is 6.74. The minimum Gasteiger partial charge on any atom is -0.368 e. The Morgan fingerprint density at radius 1 is 1.42 bits per heavy atom. The van der Waals surface area contributed by atoms with Gasteiger partial charge in [-0.2, -0.15) is 0 Å².